The fraction of sp³-hybridized carbons (Fsp3) is 0.238. The van der Waals surface area contributed by atoms with Crippen LogP contribution in [0.2, 0.25) is 0 Å². The molecule has 0 aromatic heterocycles. The highest BCUT2D eigenvalue weighted by atomic mass is 16.5. The number of hydrogen-bond acceptors (Lipinski definition) is 6. The van der Waals surface area contributed by atoms with E-state index in [1.807, 2.05) is 0 Å². The first-order valence-electron chi connectivity index (χ1n) is 9.05. The Balaban J connectivity index is 1.68. The molecule has 2 aromatic rings. The van der Waals surface area contributed by atoms with Crippen molar-refractivity contribution in [2.24, 2.45) is 0 Å². The lowest BCUT2D eigenvalue weighted by Crippen LogP contribution is -2.42. The van der Waals surface area contributed by atoms with Crippen molar-refractivity contribution in [1.29, 1.82) is 0 Å². The molecule has 2 aromatic carbocycles. The third kappa shape index (κ3) is 3.95. The van der Waals surface area contributed by atoms with E-state index < -0.39 is 35.9 Å². The Morgan fingerprint density at radius 3 is 2.23 bits per heavy atom. The van der Waals surface area contributed by atoms with E-state index in [-0.39, 0.29) is 0 Å². The second-order valence-corrected chi connectivity index (χ2v) is 6.79. The van der Waals surface area contributed by atoms with Gasteiger partial charge in [-0.3, -0.25) is 14.5 Å². The number of carbonyl (C=O) groups is 4. The fourth-order valence-electron chi connectivity index (χ4n) is 3.11. The predicted octanol–water partition coefficient (Wildman–Crippen LogP) is 1.89. The van der Waals surface area contributed by atoms with Gasteiger partial charge < -0.3 is 20.1 Å². The molecule has 3 rings (SSSR count). The number of anilines is 1. The number of amides is 4. The van der Waals surface area contributed by atoms with Crippen LogP contribution in [0, 0.1) is 0 Å². The first kappa shape index (κ1) is 20.8. The highest BCUT2D eigenvalue weighted by Crippen LogP contribution is 2.30. The third-order valence-corrected chi connectivity index (χ3v) is 4.83. The summed E-state index contributed by atoms with van der Waals surface area (Å²) in [6, 6.07) is 12.1. The third-order valence-electron chi connectivity index (χ3n) is 4.83. The molecule has 0 saturated carbocycles. The van der Waals surface area contributed by atoms with Crippen molar-refractivity contribution in [1.82, 2.24) is 10.2 Å². The summed E-state index contributed by atoms with van der Waals surface area (Å²) in [6.07, 6.45) is 0. The molecule has 0 radical (unpaired) electrons. The number of nitrogens with one attached hydrogen (secondary N) is 2. The molecule has 2 N–H and O–H groups in total. The molecule has 1 atom stereocenters. The van der Waals surface area contributed by atoms with Crippen LogP contribution >= 0.6 is 0 Å². The van der Waals surface area contributed by atoms with E-state index in [0.717, 1.165) is 4.90 Å². The Labute approximate surface area is 172 Å². The average molecular weight is 411 g/mol. The summed E-state index contributed by atoms with van der Waals surface area (Å²) in [5.74, 6) is -0.962. The standard InChI is InChI=1S/C21H21N3O6/c1-21(14-6-10-16(29-2)11-7-14)19(27)24(20(28)23-21)12-17(25)22-15-8-4-13(5-9-15)18(26)30-3/h4-11H,12H2,1-3H3,(H,22,25)(H,23,28). The summed E-state index contributed by atoms with van der Waals surface area (Å²) < 4.78 is 9.73. The molecule has 1 fully saturated rings. The van der Waals surface area contributed by atoms with Gasteiger partial charge >= 0.3 is 12.0 Å². The molecule has 0 bridgehead atoms. The lowest BCUT2D eigenvalue weighted by Gasteiger charge is -2.22. The quantitative estimate of drug-likeness (QED) is 0.554. The van der Waals surface area contributed by atoms with Crippen LogP contribution in [0.5, 0.6) is 5.75 Å². The number of imide groups is 1. The number of benzene rings is 2. The molecule has 9 heteroatoms. The molecule has 0 spiro atoms. The topological polar surface area (TPSA) is 114 Å². The zero-order valence-electron chi connectivity index (χ0n) is 16.7. The molecular weight excluding hydrogens is 390 g/mol. The van der Waals surface area contributed by atoms with Gasteiger partial charge in [-0.1, -0.05) is 12.1 Å². The van der Waals surface area contributed by atoms with Gasteiger partial charge in [0, 0.05) is 5.69 Å². The maximum atomic E-state index is 12.9. The van der Waals surface area contributed by atoms with Crippen LogP contribution in [0.4, 0.5) is 10.5 Å². The summed E-state index contributed by atoms with van der Waals surface area (Å²) in [4.78, 5) is 50.0. The van der Waals surface area contributed by atoms with E-state index >= 15 is 0 Å². The van der Waals surface area contributed by atoms with E-state index in [1.54, 1.807) is 31.2 Å². The van der Waals surface area contributed by atoms with Gasteiger partial charge in [-0.15, -0.1) is 0 Å². The number of esters is 1. The summed E-state index contributed by atoms with van der Waals surface area (Å²) in [6.45, 7) is 1.13. The van der Waals surface area contributed by atoms with E-state index in [1.165, 1.54) is 38.5 Å². The van der Waals surface area contributed by atoms with Crippen molar-refractivity contribution in [3.05, 3.63) is 59.7 Å². The molecule has 1 heterocycles. The average Bonchev–Trinajstić information content (AvgIpc) is 2.97. The van der Waals surface area contributed by atoms with Crippen LogP contribution in [0.1, 0.15) is 22.8 Å². The Hall–Kier alpha value is -3.88. The molecule has 1 unspecified atom stereocenters. The molecule has 156 valence electrons. The Morgan fingerprint density at radius 1 is 1.03 bits per heavy atom. The van der Waals surface area contributed by atoms with Crippen LogP contribution in [0.15, 0.2) is 48.5 Å². The van der Waals surface area contributed by atoms with E-state index in [9.17, 15) is 19.2 Å². The number of urea groups is 1. The molecule has 4 amide bonds. The zero-order chi connectivity index (χ0) is 21.9. The van der Waals surface area contributed by atoms with Gasteiger partial charge in [-0.05, 0) is 48.9 Å². The molecule has 0 aliphatic carbocycles. The Bertz CT molecular complexity index is 987. The fourth-order valence-corrected chi connectivity index (χ4v) is 3.11. The monoisotopic (exact) mass is 411 g/mol. The highest BCUT2D eigenvalue weighted by Gasteiger charge is 2.49. The molecule has 1 saturated heterocycles. The molecule has 30 heavy (non-hydrogen) atoms. The van der Waals surface area contributed by atoms with Gasteiger partial charge in [0.25, 0.3) is 5.91 Å². The Morgan fingerprint density at radius 2 is 1.67 bits per heavy atom. The smallest absolute Gasteiger partial charge is 0.337 e. The minimum absolute atomic E-state index is 0.333. The maximum Gasteiger partial charge on any atom is 0.337 e. The second-order valence-electron chi connectivity index (χ2n) is 6.79. The van der Waals surface area contributed by atoms with E-state index in [4.69, 9.17) is 4.74 Å². The SMILES string of the molecule is COC(=O)c1ccc(NC(=O)CN2C(=O)NC(C)(c3ccc(OC)cc3)C2=O)cc1. The zero-order valence-corrected chi connectivity index (χ0v) is 16.7. The second kappa shape index (κ2) is 8.24. The molecular formula is C21H21N3O6. The number of methoxy groups -OCH3 is 2. The predicted molar refractivity (Wildman–Crippen MR) is 107 cm³/mol. The maximum absolute atomic E-state index is 12.9. The van der Waals surface area contributed by atoms with Crippen LogP contribution in [0.3, 0.4) is 0 Å². The summed E-state index contributed by atoms with van der Waals surface area (Å²) in [7, 11) is 2.80. The van der Waals surface area contributed by atoms with Gasteiger partial charge in [0.15, 0.2) is 0 Å². The first-order chi connectivity index (χ1) is 14.3. The van der Waals surface area contributed by atoms with Crippen molar-refractivity contribution in [2.75, 3.05) is 26.1 Å². The van der Waals surface area contributed by atoms with Gasteiger partial charge in [-0.25, -0.2) is 9.59 Å². The van der Waals surface area contributed by atoms with Crippen molar-refractivity contribution in [2.45, 2.75) is 12.5 Å². The van der Waals surface area contributed by atoms with Gasteiger partial charge in [-0.2, -0.15) is 0 Å². The number of carbonyl (C=O) groups excluding carboxylic acids is 4. The summed E-state index contributed by atoms with van der Waals surface area (Å²) in [5, 5.41) is 5.24. The van der Waals surface area contributed by atoms with Gasteiger partial charge in [0.2, 0.25) is 5.91 Å². The summed E-state index contributed by atoms with van der Waals surface area (Å²) in [5.41, 5.74) is 0.0339. The normalized spacial score (nSPS) is 18.0. The molecule has 1 aliphatic heterocycles. The van der Waals surface area contributed by atoms with E-state index in [0.29, 0.717) is 22.6 Å². The Kier molecular flexibility index (Phi) is 5.72. The van der Waals surface area contributed by atoms with Crippen LogP contribution < -0.4 is 15.4 Å². The largest absolute Gasteiger partial charge is 0.497 e. The lowest BCUT2D eigenvalue weighted by molar-refractivity contribution is -0.133. The number of hydrogen-bond donors (Lipinski definition) is 2. The van der Waals surface area contributed by atoms with Crippen LogP contribution in [-0.4, -0.2) is 49.5 Å². The first-order valence-corrected chi connectivity index (χ1v) is 9.05. The minimum atomic E-state index is -1.29. The van der Waals surface area contributed by atoms with E-state index in [2.05, 4.69) is 15.4 Å². The summed E-state index contributed by atoms with van der Waals surface area (Å²) >= 11 is 0. The van der Waals surface area contributed by atoms with Crippen LogP contribution in [0.25, 0.3) is 0 Å². The number of rotatable bonds is 6. The van der Waals surface area contributed by atoms with Crippen molar-refractivity contribution >= 4 is 29.5 Å². The van der Waals surface area contributed by atoms with Crippen molar-refractivity contribution < 1.29 is 28.7 Å². The molecule has 1 aliphatic rings. The van der Waals surface area contributed by atoms with Crippen LogP contribution in [-0.2, 0) is 19.9 Å². The number of ether oxygens (including phenoxy) is 2. The minimum Gasteiger partial charge on any atom is -0.497 e. The van der Waals surface area contributed by atoms with Gasteiger partial charge in [0.1, 0.15) is 17.8 Å². The van der Waals surface area contributed by atoms with Gasteiger partial charge in [0.05, 0.1) is 19.8 Å². The number of nitrogens with zero attached hydrogens (tertiary/aromatic N) is 1. The molecule has 9 nitrogen and oxygen atoms in total. The van der Waals surface area contributed by atoms with Crippen molar-refractivity contribution in [3.8, 4) is 5.75 Å². The highest BCUT2D eigenvalue weighted by molar-refractivity contribution is 6.10. The lowest BCUT2D eigenvalue weighted by atomic mass is 9.92. The van der Waals surface area contributed by atoms with Crippen molar-refractivity contribution in [3.63, 3.8) is 0 Å².